The second-order valence-electron chi connectivity index (χ2n) is 7.06. The Labute approximate surface area is 165 Å². The third kappa shape index (κ3) is 3.07. The van der Waals surface area contributed by atoms with Crippen LogP contribution in [0.25, 0.3) is 0 Å². The van der Waals surface area contributed by atoms with Gasteiger partial charge in [-0.1, -0.05) is 60.7 Å². The number of carbonyl (C=O) groups is 2. The lowest BCUT2D eigenvalue weighted by molar-refractivity contribution is -0.128. The van der Waals surface area contributed by atoms with Crippen LogP contribution in [0.3, 0.4) is 0 Å². The van der Waals surface area contributed by atoms with Crippen LogP contribution in [0.2, 0.25) is 0 Å². The van der Waals surface area contributed by atoms with Gasteiger partial charge in [0.2, 0.25) is 5.91 Å². The van der Waals surface area contributed by atoms with E-state index in [1.165, 1.54) is 0 Å². The highest BCUT2D eigenvalue weighted by atomic mass is 16.2. The van der Waals surface area contributed by atoms with Crippen LogP contribution in [0.15, 0.2) is 78.9 Å². The predicted octanol–water partition coefficient (Wildman–Crippen LogP) is 4.42. The molecule has 0 spiro atoms. The first-order valence-electron chi connectivity index (χ1n) is 9.37. The fourth-order valence-electron chi connectivity index (χ4n) is 3.73. The number of piperazine rings is 1. The molecule has 140 valence electrons. The Morgan fingerprint density at radius 3 is 2.11 bits per heavy atom. The number of nitrogens with zero attached hydrogens (tertiary/aromatic N) is 2. The SMILES string of the molecule is Cc1cccc(N2CC(=O)N(c3ccccc3)C(c3ccccc3)C2=O)c1C. The minimum atomic E-state index is -0.690. The normalized spacial score (nSPS) is 17.1. The molecule has 1 aliphatic rings. The first-order chi connectivity index (χ1) is 13.6. The molecule has 1 atom stereocenters. The van der Waals surface area contributed by atoms with E-state index in [1.54, 1.807) is 9.80 Å². The third-order valence-corrected chi connectivity index (χ3v) is 5.34. The van der Waals surface area contributed by atoms with Crippen LogP contribution < -0.4 is 9.80 Å². The fourth-order valence-corrected chi connectivity index (χ4v) is 3.73. The molecule has 28 heavy (non-hydrogen) atoms. The molecule has 2 amide bonds. The Hall–Kier alpha value is -3.40. The summed E-state index contributed by atoms with van der Waals surface area (Å²) in [5.41, 5.74) is 4.45. The quantitative estimate of drug-likeness (QED) is 0.685. The van der Waals surface area contributed by atoms with E-state index in [-0.39, 0.29) is 18.4 Å². The maximum atomic E-state index is 13.7. The van der Waals surface area contributed by atoms with Gasteiger partial charge in [0.1, 0.15) is 12.6 Å². The van der Waals surface area contributed by atoms with Crippen molar-refractivity contribution < 1.29 is 9.59 Å². The van der Waals surface area contributed by atoms with E-state index in [4.69, 9.17) is 0 Å². The molecule has 1 unspecified atom stereocenters. The number of hydrogen-bond donors (Lipinski definition) is 0. The number of amides is 2. The lowest BCUT2D eigenvalue weighted by atomic mass is 9.98. The molecule has 0 bridgehead atoms. The summed E-state index contributed by atoms with van der Waals surface area (Å²) >= 11 is 0. The van der Waals surface area contributed by atoms with Crippen molar-refractivity contribution in [2.24, 2.45) is 0 Å². The minimum Gasteiger partial charge on any atom is -0.301 e. The number of aryl methyl sites for hydroxylation is 1. The van der Waals surface area contributed by atoms with Gasteiger partial charge >= 0.3 is 0 Å². The minimum absolute atomic E-state index is 0.0291. The molecular weight excluding hydrogens is 348 g/mol. The van der Waals surface area contributed by atoms with E-state index in [2.05, 4.69) is 0 Å². The van der Waals surface area contributed by atoms with Crippen LogP contribution in [0.5, 0.6) is 0 Å². The fraction of sp³-hybridized carbons (Fsp3) is 0.167. The van der Waals surface area contributed by atoms with Gasteiger partial charge in [-0.2, -0.15) is 0 Å². The van der Waals surface area contributed by atoms with Gasteiger partial charge < -0.3 is 4.90 Å². The first-order valence-corrected chi connectivity index (χ1v) is 9.37. The Bertz CT molecular complexity index is 1020. The molecule has 3 aromatic rings. The number of carbonyl (C=O) groups excluding carboxylic acids is 2. The zero-order chi connectivity index (χ0) is 19.7. The molecule has 3 aromatic carbocycles. The molecule has 1 heterocycles. The van der Waals surface area contributed by atoms with Gasteiger partial charge in [0.15, 0.2) is 0 Å². The van der Waals surface area contributed by atoms with Crippen molar-refractivity contribution in [1.82, 2.24) is 0 Å². The van der Waals surface area contributed by atoms with Crippen molar-refractivity contribution >= 4 is 23.2 Å². The zero-order valence-electron chi connectivity index (χ0n) is 16.0. The molecule has 4 rings (SSSR count). The van der Waals surface area contributed by atoms with Crippen LogP contribution in [-0.4, -0.2) is 18.4 Å². The number of rotatable bonds is 3. The van der Waals surface area contributed by atoms with E-state index in [0.717, 1.165) is 28.1 Å². The van der Waals surface area contributed by atoms with Crippen molar-refractivity contribution in [3.05, 3.63) is 95.6 Å². The van der Waals surface area contributed by atoms with E-state index < -0.39 is 6.04 Å². The van der Waals surface area contributed by atoms with Crippen molar-refractivity contribution in [3.63, 3.8) is 0 Å². The average Bonchev–Trinajstić information content (AvgIpc) is 2.72. The Morgan fingerprint density at radius 1 is 0.786 bits per heavy atom. The third-order valence-electron chi connectivity index (χ3n) is 5.34. The summed E-state index contributed by atoms with van der Waals surface area (Å²) in [6.07, 6.45) is 0. The Kier molecular flexibility index (Phi) is 4.70. The molecule has 1 aliphatic heterocycles. The van der Waals surface area contributed by atoms with E-state index in [0.29, 0.717) is 0 Å². The number of hydrogen-bond acceptors (Lipinski definition) is 2. The number of para-hydroxylation sites is 1. The molecule has 4 heteroatoms. The van der Waals surface area contributed by atoms with Crippen molar-refractivity contribution in [3.8, 4) is 0 Å². The van der Waals surface area contributed by atoms with Crippen LogP contribution in [0, 0.1) is 13.8 Å². The summed E-state index contributed by atoms with van der Waals surface area (Å²) < 4.78 is 0. The topological polar surface area (TPSA) is 40.6 Å². The van der Waals surface area contributed by atoms with Gasteiger partial charge in [0.05, 0.1) is 0 Å². The number of anilines is 2. The Balaban J connectivity index is 1.84. The molecule has 0 saturated carbocycles. The summed E-state index contributed by atoms with van der Waals surface area (Å²) in [4.78, 5) is 30.1. The van der Waals surface area contributed by atoms with Gasteiger partial charge in [0.25, 0.3) is 5.91 Å². The maximum absolute atomic E-state index is 13.7. The standard InChI is InChI=1S/C24H22N2O2/c1-17-10-9-15-21(18(17)2)25-16-22(27)26(20-13-7-4-8-14-20)23(24(25)28)19-11-5-3-6-12-19/h3-15,23H,16H2,1-2H3. The van der Waals surface area contributed by atoms with Crippen LogP contribution in [0.1, 0.15) is 22.7 Å². The van der Waals surface area contributed by atoms with Gasteiger partial charge in [0, 0.05) is 11.4 Å². The second-order valence-corrected chi connectivity index (χ2v) is 7.06. The smallest absolute Gasteiger partial charge is 0.255 e. The van der Waals surface area contributed by atoms with Gasteiger partial charge in [-0.15, -0.1) is 0 Å². The van der Waals surface area contributed by atoms with Crippen molar-refractivity contribution in [1.29, 1.82) is 0 Å². The van der Waals surface area contributed by atoms with Crippen LogP contribution in [-0.2, 0) is 9.59 Å². The molecule has 1 saturated heterocycles. The molecular formula is C24H22N2O2. The average molecular weight is 370 g/mol. The van der Waals surface area contributed by atoms with E-state index in [9.17, 15) is 9.59 Å². The summed E-state index contributed by atoms with van der Waals surface area (Å²) in [6, 6.07) is 24.1. The monoisotopic (exact) mass is 370 g/mol. The van der Waals surface area contributed by atoms with Gasteiger partial charge in [-0.3, -0.25) is 14.5 Å². The molecule has 0 radical (unpaired) electrons. The lowest BCUT2D eigenvalue weighted by Gasteiger charge is -2.41. The summed E-state index contributed by atoms with van der Waals surface area (Å²) in [5.74, 6) is -0.191. The molecule has 0 aromatic heterocycles. The maximum Gasteiger partial charge on any atom is 0.255 e. The highest BCUT2D eigenvalue weighted by Gasteiger charge is 2.42. The first kappa shape index (κ1) is 18.0. The van der Waals surface area contributed by atoms with E-state index >= 15 is 0 Å². The van der Waals surface area contributed by atoms with E-state index in [1.807, 2.05) is 92.7 Å². The number of benzene rings is 3. The molecule has 4 nitrogen and oxygen atoms in total. The van der Waals surface area contributed by atoms with Crippen molar-refractivity contribution in [2.75, 3.05) is 16.3 Å². The lowest BCUT2D eigenvalue weighted by Crippen LogP contribution is -2.56. The summed E-state index contributed by atoms with van der Waals surface area (Å²) in [5, 5.41) is 0. The highest BCUT2D eigenvalue weighted by molar-refractivity contribution is 6.14. The summed E-state index contributed by atoms with van der Waals surface area (Å²) in [7, 11) is 0. The van der Waals surface area contributed by atoms with Crippen molar-refractivity contribution in [2.45, 2.75) is 19.9 Å². The Morgan fingerprint density at radius 2 is 1.43 bits per heavy atom. The summed E-state index contributed by atoms with van der Waals surface area (Å²) in [6.45, 7) is 4.03. The van der Waals surface area contributed by atoms with Crippen LogP contribution in [0.4, 0.5) is 11.4 Å². The van der Waals surface area contributed by atoms with Gasteiger partial charge in [-0.05, 0) is 48.7 Å². The molecule has 0 aliphatic carbocycles. The predicted molar refractivity (Wildman–Crippen MR) is 111 cm³/mol. The van der Waals surface area contributed by atoms with Crippen LogP contribution >= 0.6 is 0 Å². The largest absolute Gasteiger partial charge is 0.301 e. The zero-order valence-corrected chi connectivity index (χ0v) is 16.0. The molecule has 1 fully saturated rings. The van der Waals surface area contributed by atoms with Gasteiger partial charge in [-0.25, -0.2) is 0 Å². The second kappa shape index (κ2) is 7.31. The molecule has 0 N–H and O–H groups in total. The highest BCUT2D eigenvalue weighted by Crippen LogP contribution is 2.35.